The molecular formula is C11H15NO3. The van der Waals surface area contributed by atoms with Crippen LogP contribution in [0.2, 0.25) is 0 Å². The number of ether oxygens (including phenoxy) is 2. The van der Waals surface area contributed by atoms with Crippen molar-refractivity contribution in [1.82, 2.24) is 0 Å². The molecule has 4 nitrogen and oxygen atoms in total. The first-order valence-corrected chi connectivity index (χ1v) is 5.23. The zero-order valence-corrected chi connectivity index (χ0v) is 9.08. The highest BCUT2D eigenvalue weighted by Gasteiger charge is 2.54. The lowest BCUT2D eigenvalue weighted by Crippen LogP contribution is -2.49. The highest BCUT2D eigenvalue weighted by Crippen LogP contribution is 2.45. The summed E-state index contributed by atoms with van der Waals surface area (Å²) in [5, 5.41) is 9.05. The summed E-state index contributed by atoms with van der Waals surface area (Å²) in [5.74, 6) is -0.563. The van der Waals surface area contributed by atoms with E-state index in [9.17, 15) is 4.79 Å². The Morgan fingerprint density at radius 3 is 2.87 bits per heavy atom. The van der Waals surface area contributed by atoms with Crippen LogP contribution in [0.15, 0.2) is 0 Å². The third-order valence-corrected chi connectivity index (χ3v) is 3.22. The van der Waals surface area contributed by atoms with Crippen molar-refractivity contribution < 1.29 is 14.3 Å². The van der Waals surface area contributed by atoms with Crippen LogP contribution in [0.25, 0.3) is 0 Å². The largest absolute Gasteiger partial charge is 0.457 e. The van der Waals surface area contributed by atoms with Gasteiger partial charge in [-0.05, 0) is 13.8 Å². The van der Waals surface area contributed by atoms with Gasteiger partial charge in [0.25, 0.3) is 0 Å². The zero-order chi connectivity index (χ0) is 11.1. The molecule has 0 bridgehead atoms. The molecule has 2 fully saturated rings. The lowest BCUT2D eigenvalue weighted by atomic mass is 9.76. The molecule has 2 aliphatic rings. The van der Waals surface area contributed by atoms with Crippen molar-refractivity contribution in [3.8, 4) is 6.07 Å². The van der Waals surface area contributed by atoms with Crippen molar-refractivity contribution in [2.24, 2.45) is 5.92 Å². The van der Waals surface area contributed by atoms with Crippen molar-refractivity contribution >= 4 is 5.97 Å². The SMILES string of the molecule is CC1(C)C[C@@]2(CCO1)OC(=O)C[C@@H]2C#N. The molecule has 2 atom stereocenters. The predicted molar refractivity (Wildman–Crippen MR) is 51.8 cm³/mol. The van der Waals surface area contributed by atoms with Crippen LogP contribution in [0.3, 0.4) is 0 Å². The van der Waals surface area contributed by atoms with Gasteiger partial charge in [-0.3, -0.25) is 4.79 Å². The van der Waals surface area contributed by atoms with E-state index in [-0.39, 0.29) is 23.9 Å². The number of carbonyl (C=O) groups excluding carboxylic acids is 1. The molecule has 2 rings (SSSR count). The van der Waals surface area contributed by atoms with E-state index < -0.39 is 5.60 Å². The monoisotopic (exact) mass is 209 g/mol. The standard InChI is InChI=1S/C11H15NO3/c1-10(2)7-11(3-4-14-10)8(6-12)5-9(13)15-11/h8H,3-5,7H2,1-2H3/t8-,11-/m1/s1. The van der Waals surface area contributed by atoms with E-state index in [0.717, 1.165) is 0 Å². The smallest absolute Gasteiger partial charge is 0.307 e. The molecule has 0 N–H and O–H groups in total. The van der Waals surface area contributed by atoms with Gasteiger partial charge in [-0.1, -0.05) is 0 Å². The molecule has 2 saturated heterocycles. The topological polar surface area (TPSA) is 59.3 Å². The van der Waals surface area contributed by atoms with E-state index in [2.05, 4.69) is 6.07 Å². The lowest BCUT2D eigenvalue weighted by molar-refractivity contribution is -0.175. The first-order chi connectivity index (χ1) is 6.97. The Labute approximate surface area is 89.2 Å². The summed E-state index contributed by atoms with van der Waals surface area (Å²) in [6, 6.07) is 2.19. The van der Waals surface area contributed by atoms with E-state index in [1.54, 1.807) is 0 Å². The van der Waals surface area contributed by atoms with E-state index in [0.29, 0.717) is 19.4 Å². The highest BCUT2D eigenvalue weighted by atomic mass is 16.6. The number of nitriles is 1. The number of carbonyl (C=O) groups is 1. The Morgan fingerprint density at radius 1 is 1.53 bits per heavy atom. The lowest BCUT2D eigenvalue weighted by Gasteiger charge is -2.42. The first-order valence-electron chi connectivity index (χ1n) is 5.23. The molecule has 0 aliphatic carbocycles. The molecular weight excluding hydrogens is 194 g/mol. The summed E-state index contributed by atoms with van der Waals surface area (Å²) in [6.45, 7) is 4.49. The molecule has 0 saturated carbocycles. The average Bonchev–Trinajstić information content (AvgIpc) is 2.39. The molecule has 2 aliphatic heterocycles. The van der Waals surface area contributed by atoms with Crippen LogP contribution >= 0.6 is 0 Å². The Morgan fingerprint density at radius 2 is 2.27 bits per heavy atom. The third kappa shape index (κ3) is 1.72. The van der Waals surface area contributed by atoms with Crippen molar-refractivity contribution in [3.05, 3.63) is 0 Å². The van der Waals surface area contributed by atoms with Crippen LogP contribution < -0.4 is 0 Å². The van der Waals surface area contributed by atoms with Gasteiger partial charge in [-0.15, -0.1) is 0 Å². The molecule has 0 aromatic rings. The minimum absolute atomic E-state index is 0.229. The van der Waals surface area contributed by atoms with Gasteiger partial charge < -0.3 is 9.47 Å². The molecule has 0 radical (unpaired) electrons. The predicted octanol–water partition coefficient (Wildman–Crippen LogP) is 1.40. The average molecular weight is 209 g/mol. The molecule has 2 heterocycles. The van der Waals surface area contributed by atoms with Gasteiger partial charge >= 0.3 is 5.97 Å². The van der Waals surface area contributed by atoms with Crippen LogP contribution in [0, 0.1) is 17.2 Å². The molecule has 4 heteroatoms. The van der Waals surface area contributed by atoms with Gasteiger partial charge in [0.2, 0.25) is 0 Å². The number of esters is 1. The summed E-state index contributed by atoms with van der Waals surface area (Å²) in [7, 11) is 0. The van der Waals surface area contributed by atoms with Crippen LogP contribution in [0.5, 0.6) is 0 Å². The van der Waals surface area contributed by atoms with E-state index >= 15 is 0 Å². The fourth-order valence-corrected chi connectivity index (χ4v) is 2.60. The highest BCUT2D eigenvalue weighted by molar-refractivity contribution is 5.73. The molecule has 82 valence electrons. The van der Waals surface area contributed by atoms with Crippen LogP contribution in [0.4, 0.5) is 0 Å². The second-order valence-corrected chi connectivity index (χ2v) is 4.96. The second-order valence-electron chi connectivity index (χ2n) is 4.96. The quantitative estimate of drug-likeness (QED) is 0.566. The number of nitrogens with zero attached hydrogens (tertiary/aromatic N) is 1. The van der Waals surface area contributed by atoms with Gasteiger partial charge in [0.1, 0.15) is 5.60 Å². The minimum atomic E-state index is -0.590. The molecule has 0 aromatic carbocycles. The first kappa shape index (κ1) is 10.4. The van der Waals surface area contributed by atoms with Crippen molar-refractivity contribution in [1.29, 1.82) is 5.26 Å². The van der Waals surface area contributed by atoms with Crippen molar-refractivity contribution in [2.45, 2.75) is 44.3 Å². The maximum atomic E-state index is 11.3. The van der Waals surface area contributed by atoms with Crippen LogP contribution in [-0.4, -0.2) is 23.8 Å². The van der Waals surface area contributed by atoms with Crippen molar-refractivity contribution in [2.75, 3.05) is 6.61 Å². The molecule has 0 unspecified atom stereocenters. The number of hydrogen-bond acceptors (Lipinski definition) is 4. The second kappa shape index (κ2) is 3.21. The van der Waals surface area contributed by atoms with Gasteiger partial charge in [-0.25, -0.2) is 0 Å². The zero-order valence-electron chi connectivity index (χ0n) is 9.08. The fourth-order valence-electron chi connectivity index (χ4n) is 2.60. The van der Waals surface area contributed by atoms with Crippen LogP contribution in [0.1, 0.15) is 33.1 Å². The van der Waals surface area contributed by atoms with Gasteiger partial charge in [0.05, 0.1) is 30.6 Å². The van der Waals surface area contributed by atoms with E-state index in [4.69, 9.17) is 14.7 Å². The summed E-state index contributed by atoms with van der Waals surface area (Å²) < 4.78 is 11.0. The summed E-state index contributed by atoms with van der Waals surface area (Å²) in [5.41, 5.74) is -0.897. The molecule has 0 amide bonds. The van der Waals surface area contributed by atoms with Gasteiger partial charge in [-0.2, -0.15) is 5.26 Å². The molecule has 15 heavy (non-hydrogen) atoms. The third-order valence-electron chi connectivity index (χ3n) is 3.22. The Bertz CT molecular complexity index is 331. The summed E-state index contributed by atoms with van der Waals surface area (Å²) >= 11 is 0. The Hall–Kier alpha value is -1.08. The normalized spacial score (nSPS) is 38.7. The minimum Gasteiger partial charge on any atom is -0.457 e. The van der Waals surface area contributed by atoms with Gasteiger partial charge in [0.15, 0.2) is 0 Å². The fraction of sp³-hybridized carbons (Fsp3) is 0.818. The Kier molecular flexibility index (Phi) is 2.23. The van der Waals surface area contributed by atoms with Gasteiger partial charge in [0, 0.05) is 12.8 Å². The number of hydrogen-bond donors (Lipinski definition) is 0. The molecule has 0 aromatic heterocycles. The van der Waals surface area contributed by atoms with E-state index in [1.165, 1.54) is 0 Å². The molecule has 1 spiro atoms. The summed E-state index contributed by atoms with van der Waals surface area (Å²) in [4.78, 5) is 11.3. The Balaban J connectivity index is 2.25. The van der Waals surface area contributed by atoms with E-state index in [1.807, 2.05) is 13.8 Å². The maximum absolute atomic E-state index is 11.3. The van der Waals surface area contributed by atoms with Crippen molar-refractivity contribution in [3.63, 3.8) is 0 Å². The number of rotatable bonds is 0. The van der Waals surface area contributed by atoms with Crippen LogP contribution in [-0.2, 0) is 14.3 Å². The maximum Gasteiger partial charge on any atom is 0.307 e. The summed E-state index contributed by atoms with van der Waals surface area (Å²) in [6.07, 6.45) is 1.48.